The number of aromatic nitrogens is 3. The molecule has 49 heavy (non-hydrogen) atoms. The van der Waals surface area contributed by atoms with Gasteiger partial charge >= 0.3 is 0 Å². The van der Waals surface area contributed by atoms with Gasteiger partial charge in [0.1, 0.15) is 11.2 Å². The number of benzene rings is 7. The topological polar surface area (TPSA) is 51.8 Å². The molecule has 0 fully saturated rings. The molecule has 2 heterocycles. The van der Waals surface area contributed by atoms with Crippen LogP contribution in [0.5, 0.6) is 0 Å². The van der Waals surface area contributed by atoms with Crippen molar-refractivity contribution in [1.82, 2.24) is 15.0 Å². The van der Waals surface area contributed by atoms with Crippen molar-refractivity contribution < 1.29 is 4.42 Å². The first kappa shape index (κ1) is 27.7. The molecule has 0 unspecified atom stereocenters. The maximum atomic E-state index is 6.70. The maximum Gasteiger partial charge on any atom is 0.164 e. The highest BCUT2D eigenvalue weighted by Gasteiger charge is 2.21. The first-order valence-corrected chi connectivity index (χ1v) is 16.7. The van der Waals surface area contributed by atoms with Gasteiger partial charge < -0.3 is 4.42 Å². The summed E-state index contributed by atoms with van der Waals surface area (Å²) in [6.45, 7) is 0. The molecule has 9 aromatic rings. The SMILES string of the molecule is C1=Cc2cc(-c3nc(-c4ccccc4)nc(-c4ccc(-c5ccc6c(ccc7ccccc76)c5)c5oc6ccccc6c45)n3)ccc2CC1. The van der Waals surface area contributed by atoms with Crippen LogP contribution < -0.4 is 0 Å². The van der Waals surface area contributed by atoms with Gasteiger partial charge in [0.25, 0.3) is 0 Å². The minimum atomic E-state index is 0.616. The molecule has 1 aliphatic rings. The van der Waals surface area contributed by atoms with Crippen molar-refractivity contribution in [2.45, 2.75) is 12.8 Å². The molecule has 0 amide bonds. The third-order valence-corrected chi connectivity index (χ3v) is 9.77. The minimum Gasteiger partial charge on any atom is -0.455 e. The molecule has 0 saturated carbocycles. The molecule has 2 aromatic heterocycles. The van der Waals surface area contributed by atoms with E-state index < -0.39 is 0 Å². The number of hydrogen-bond donors (Lipinski definition) is 0. The number of fused-ring (bicyclic) bond motifs is 7. The fourth-order valence-electron chi connectivity index (χ4n) is 7.33. The first-order valence-electron chi connectivity index (χ1n) is 16.7. The lowest BCUT2D eigenvalue weighted by atomic mass is 9.94. The summed E-state index contributed by atoms with van der Waals surface area (Å²) < 4.78 is 6.70. The Kier molecular flexibility index (Phi) is 6.28. The van der Waals surface area contributed by atoms with Gasteiger partial charge in [0.2, 0.25) is 0 Å². The summed E-state index contributed by atoms with van der Waals surface area (Å²) in [4.78, 5) is 15.3. The number of aryl methyl sites for hydroxylation is 1. The van der Waals surface area contributed by atoms with E-state index in [-0.39, 0.29) is 0 Å². The van der Waals surface area contributed by atoms with Gasteiger partial charge in [-0.15, -0.1) is 0 Å². The Hall–Kier alpha value is -6.39. The maximum absolute atomic E-state index is 6.70. The zero-order valence-corrected chi connectivity index (χ0v) is 26.6. The molecule has 0 aliphatic heterocycles. The lowest BCUT2D eigenvalue weighted by Crippen LogP contribution is -2.01. The molecular weight excluding hydrogens is 599 g/mol. The zero-order valence-electron chi connectivity index (χ0n) is 26.6. The highest BCUT2D eigenvalue weighted by atomic mass is 16.3. The van der Waals surface area contributed by atoms with Crippen LogP contribution in [-0.2, 0) is 6.42 Å². The van der Waals surface area contributed by atoms with Crippen molar-refractivity contribution in [1.29, 1.82) is 0 Å². The van der Waals surface area contributed by atoms with E-state index in [4.69, 9.17) is 19.4 Å². The number of furan rings is 1. The predicted molar refractivity (Wildman–Crippen MR) is 201 cm³/mol. The van der Waals surface area contributed by atoms with E-state index in [2.05, 4.69) is 109 Å². The van der Waals surface area contributed by atoms with Gasteiger partial charge in [-0.1, -0.05) is 121 Å². The molecule has 0 atom stereocenters. The highest BCUT2D eigenvalue weighted by molar-refractivity contribution is 6.16. The summed E-state index contributed by atoms with van der Waals surface area (Å²) in [5, 5.41) is 6.96. The lowest BCUT2D eigenvalue weighted by molar-refractivity contribution is 0.670. The van der Waals surface area contributed by atoms with E-state index in [9.17, 15) is 0 Å². The molecule has 0 radical (unpaired) electrons. The molecule has 4 nitrogen and oxygen atoms in total. The Morgan fingerprint density at radius 2 is 1.20 bits per heavy atom. The van der Waals surface area contributed by atoms with Crippen LogP contribution in [0.1, 0.15) is 17.5 Å². The highest BCUT2D eigenvalue weighted by Crippen LogP contribution is 2.42. The van der Waals surface area contributed by atoms with Crippen LogP contribution in [0.2, 0.25) is 0 Å². The number of hydrogen-bond acceptors (Lipinski definition) is 4. The molecule has 230 valence electrons. The normalized spacial score (nSPS) is 12.7. The van der Waals surface area contributed by atoms with E-state index in [1.165, 1.54) is 32.7 Å². The van der Waals surface area contributed by atoms with Gasteiger partial charge in [-0.2, -0.15) is 0 Å². The molecule has 1 aliphatic carbocycles. The third-order valence-electron chi connectivity index (χ3n) is 9.77. The van der Waals surface area contributed by atoms with Crippen molar-refractivity contribution in [3.63, 3.8) is 0 Å². The van der Waals surface area contributed by atoms with E-state index in [0.717, 1.165) is 62.6 Å². The second kappa shape index (κ2) is 11.1. The second-order valence-electron chi connectivity index (χ2n) is 12.7. The average molecular weight is 628 g/mol. The van der Waals surface area contributed by atoms with E-state index in [1.807, 2.05) is 42.5 Å². The third kappa shape index (κ3) is 4.64. The summed E-state index contributed by atoms with van der Waals surface area (Å²) in [6, 6.07) is 48.9. The Labute approximate surface area is 283 Å². The average Bonchev–Trinajstić information content (AvgIpc) is 3.57. The quantitative estimate of drug-likeness (QED) is 0.182. The van der Waals surface area contributed by atoms with Crippen LogP contribution in [0.15, 0.2) is 150 Å². The van der Waals surface area contributed by atoms with Gasteiger partial charge in [-0.3, -0.25) is 0 Å². The van der Waals surface area contributed by atoms with Crippen LogP contribution in [0.4, 0.5) is 0 Å². The Bertz CT molecular complexity index is 2780. The smallest absolute Gasteiger partial charge is 0.164 e. The van der Waals surface area contributed by atoms with Crippen molar-refractivity contribution >= 4 is 49.6 Å². The van der Waals surface area contributed by atoms with Crippen LogP contribution in [0, 0.1) is 0 Å². The fraction of sp³-hybridized carbons (Fsp3) is 0.0444. The van der Waals surface area contributed by atoms with Crippen molar-refractivity contribution in [2.75, 3.05) is 0 Å². The Morgan fingerprint density at radius 1 is 0.490 bits per heavy atom. The van der Waals surface area contributed by atoms with Crippen molar-refractivity contribution in [2.24, 2.45) is 0 Å². The van der Waals surface area contributed by atoms with E-state index in [1.54, 1.807) is 0 Å². The lowest BCUT2D eigenvalue weighted by Gasteiger charge is -2.13. The molecule has 7 aromatic carbocycles. The predicted octanol–water partition coefficient (Wildman–Crippen LogP) is 11.7. The summed E-state index contributed by atoms with van der Waals surface area (Å²) in [5.41, 5.74) is 9.19. The Balaban J connectivity index is 1.20. The summed E-state index contributed by atoms with van der Waals surface area (Å²) >= 11 is 0. The van der Waals surface area contributed by atoms with Crippen molar-refractivity contribution in [3.8, 4) is 45.3 Å². The van der Waals surface area contributed by atoms with Gasteiger partial charge in [-0.25, -0.2) is 15.0 Å². The monoisotopic (exact) mass is 627 g/mol. The van der Waals surface area contributed by atoms with Crippen LogP contribution >= 0.6 is 0 Å². The van der Waals surface area contributed by atoms with Crippen molar-refractivity contribution in [3.05, 3.63) is 157 Å². The van der Waals surface area contributed by atoms with Crippen LogP contribution in [0.25, 0.3) is 94.8 Å². The largest absolute Gasteiger partial charge is 0.455 e. The number of nitrogens with zero attached hydrogens (tertiary/aromatic N) is 3. The van der Waals surface area contributed by atoms with Gasteiger partial charge in [0.05, 0.1) is 0 Å². The summed E-state index contributed by atoms with van der Waals surface area (Å²) in [6.07, 6.45) is 6.56. The number of para-hydroxylation sites is 1. The van der Waals surface area contributed by atoms with E-state index >= 15 is 0 Å². The number of allylic oxidation sites excluding steroid dienone is 1. The second-order valence-corrected chi connectivity index (χ2v) is 12.7. The molecule has 4 heteroatoms. The molecule has 0 bridgehead atoms. The van der Waals surface area contributed by atoms with Gasteiger partial charge in [0.15, 0.2) is 17.5 Å². The van der Waals surface area contributed by atoms with Crippen LogP contribution in [0.3, 0.4) is 0 Å². The zero-order chi connectivity index (χ0) is 32.3. The summed E-state index contributed by atoms with van der Waals surface area (Å²) in [7, 11) is 0. The van der Waals surface area contributed by atoms with Gasteiger partial charge in [-0.05, 0) is 81.4 Å². The molecule has 10 rings (SSSR count). The number of rotatable bonds is 4. The van der Waals surface area contributed by atoms with Crippen LogP contribution in [-0.4, -0.2) is 15.0 Å². The van der Waals surface area contributed by atoms with E-state index in [0.29, 0.717) is 17.5 Å². The molecular formula is C45H29N3O. The van der Waals surface area contributed by atoms with Gasteiger partial charge in [0, 0.05) is 33.0 Å². The minimum absolute atomic E-state index is 0.616. The first-order chi connectivity index (χ1) is 24.3. The Morgan fingerprint density at radius 3 is 2.12 bits per heavy atom. The molecule has 0 spiro atoms. The molecule has 0 saturated heterocycles. The fourth-order valence-corrected chi connectivity index (χ4v) is 7.33. The molecule has 0 N–H and O–H groups in total. The summed E-state index contributed by atoms with van der Waals surface area (Å²) in [5.74, 6) is 1.91. The standard InChI is InChI=1S/C45H29N3O/c1-2-12-30(13-3-1)43-46-44(34-21-18-28-10-4-5-14-31(28)26-34)48-45(47-43)39-25-24-37(42-41(39)38-16-8-9-17-40(38)49-42)33-22-23-36-32(27-33)20-19-29-11-6-7-15-35(29)36/h1-3,5-9,11-27H,4,10H2.